The van der Waals surface area contributed by atoms with E-state index in [1.165, 1.54) is 23.8 Å². The summed E-state index contributed by atoms with van der Waals surface area (Å²) in [7, 11) is -3.85. The van der Waals surface area contributed by atoms with Crippen LogP contribution in [0.2, 0.25) is 10.0 Å². The van der Waals surface area contributed by atoms with Crippen molar-refractivity contribution in [2.45, 2.75) is 37.5 Å². The van der Waals surface area contributed by atoms with Crippen molar-refractivity contribution in [3.63, 3.8) is 0 Å². The predicted molar refractivity (Wildman–Crippen MR) is 131 cm³/mol. The molecule has 0 bridgehead atoms. The number of carbonyl (C=O) groups excluding carboxylic acids is 1. The summed E-state index contributed by atoms with van der Waals surface area (Å²) in [6.45, 7) is 6.40. The maximum atomic E-state index is 12.6. The van der Waals surface area contributed by atoms with E-state index >= 15 is 0 Å². The van der Waals surface area contributed by atoms with E-state index in [1.807, 2.05) is 24.3 Å². The lowest BCUT2D eigenvalue weighted by atomic mass is 9.87. The van der Waals surface area contributed by atoms with Gasteiger partial charge < -0.3 is 5.32 Å². The van der Waals surface area contributed by atoms with E-state index in [-0.39, 0.29) is 32.7 Å². The summed E-state index contributed by atoms with van der Waals surface area (Å²) in [4.78, 5) is 12.3. The molecule has 1 amide bonds. The number of anilines is 2. The molecular formula is C24H24Cl2N2O3S. The van der Waals surface area contributed by atoms with Crippen molar-refractivity contribution in [3.8, 4) is 0 Å². The summed E-state index contributed by atoms with van der Waals surface area (Å²) in [6.07, 6.45) is 0.165. The second-order valence-corrected chi connectivity index (χ2v) is 11.0. The van der Waals surface area contributed by atoms with Crippen LogP contribution in [0.5, 0.6) is 0 Å². The van der Waals surface area contributed by atoms with E-state index in [0.29, 0.717) is 5.69 Å². The van der Waals surface area contributed by atoms with Gasteiger partial charge in [-0.05, 0) is 59.0 Å². The Morgan fingerprint density at radius 1 is 0.844 bits per heavy atom. The minimum absolute atomic E-state index is 0.0315. The smallest absolute Gasteiger partial charge is 0.261 e. The van der Waals surface area contributed by atoms with Gasteiger partial charge in [-0.3, -0.25) is 9.52 Å². The monoisotopic (exact) mass is 490 g/mol. The van der Waals surface area contributed by atoms with Gasteiger partial charge in [0.2, 0.25) is 5.91 Å². The van der Waals surface area contributed by atoms with Crippen LogP contribution in [0.4, 0.5) is 11.4 Å². The maximum absolute atomic E-state index is 12.6. The fourth-order valence-corrected chi connectivity index (χ4v) is 4.82. The quantitative estimate of drug-likeness (QED) is 0.427. The molecule has 0 radical (unpaired) electrons. The largest absolute Gasteiger partial charge is 0.326 e. The first-order valence-electron chi connectivity index (χ1n) is 9.91. The summed E-state index contributed by atoms with van der Waals surface area (Å²) >= 11 is 11.8. The first-order valence-corrected chi connectivity index (χ1v) is 12.1. The second-order valence-electron chi connectivity index (χ2n) is 8.46. The van der Waals surface area contributed by atoms with Gasteiger partial charge in [-0.15, -0.1) is 0 Å². The van der Waals surface area contributed by atoms with Crippen LogP contribution < -0.4 is 10.0 Å². The van der Waals surface area contributed by atoms with Crippen molar-refractivity contribution in [3.05, 3.63) is 87.9 Å². The average molecular weight is 491 g/mol. The van der Waals surface area contributed by atoms with Crippen LogP contribution in [0.1, 0.15) is 31.9 Å². The van der Waals surface area contributed by atoms with Crippen LogP contribution in [-0.2, 0) is 26.7 Å². The van der Waals surface area contributed by atoms with Crippen LogP contribution in [0.25, 0.3) is 0 Å². The molecule has 0 aliphatic heterocycles. The van der Waals surface area contributed by atoms with Gasteiger partial charge in [0.05, 0.1) is 11.3 Å². The Morgan fingerprint density at radius 2 is 1.38 bits per heavy atom. The van der Waals surface area contributed by atoms with Gasteiger partial charge in [-0.1, -0.05) is 68.2 Å². The van der Waals surface area contributed by atoms with E-state index in [9.17, 15) is 13.2 Å². The summed E-state index contributed by atoms with van der Waals surface area (Å²) in [5.41, 5.74) is 3.08. The molecule has 0 atom stereocenters. The van der Waals surface area contributed by atoms with E-state index in [0.717, 1.165) is 11.3 Å². The molecule has 0 heterocycles. The molecule has 0 fully saturated rings. The average Bonchev–Trinajstić information content (AvgIpc) is 2.68. The van der Waals surface area contributed by atoms with Crippen molar-refractivity contribution in [1.82, 2.24) is 0 Å². The van der Waals surface area contributed by atoms with Crippen LogP contribution in [0.15, 0.2) is 71.6 Å². The number of hydrogen-bond donors (Lipinski definition) is 2. The lowest BCUT2D eigenvalue weighted by molar-refractivity contribution is -0.115. The number of nitrogens with one attached hydrogen (secondary N) is 2. The van der Waals surface area contributed by atoms with Crippen LogP contribution in [-0.4, -0.2) is 14.3 Å². The van der Waals surface area contributed by atoms with Crippen molar-refractivity contribution in [1.29, 1.82) is 0 Å². The standard InChI is InChI=1S/C24H24Cl2N2O3S/c1-24(2,3)17-6-10-20(11-7-17)27-23(29)12-16-4-8-21(9-5-16)28-32(30,31)22-14-18(25)13-19(26)15-22/h4-11,13-15,28H,12H2,1-3H3,(H,27,29). The molecule has 3 aromatic carbocycles. The van der Waals surface area contributed by atoms with Gasteiger partial charge in [0.25, 0.3) is 10.0 Å². The maximum Gasteiger partial charge on any atom is 0.261 e. The number of benzene rings is 3. The number of rotatable bonds is 6. The molecule has 3 rings (SSSR count). The Kier molecular flexibility index (Phi) is 7.18. The third kappa shape index (κ3) is 6.48. The van der Waals surface area contributed by atoms with E-state index in [4.69, 9.17) is 23.2 Å². The fourth-order valence-electron chi connectivity index (χ4n) is 3.03. The lowest BCUT2D eigenvalue weighted by Gasteiger charge is -2.19. The number of carbonyl (C=O) groups is 1. The molecule has 0 saturated heterocycles. The first kappa shape index (κ1) is 24.1. The Labute approximate surface area is 198 Å². The molecule has 0 saturated carbocycles. The number of amides is 1. The zero-order valence-corrected chi connectivity index (χ0v) is 20.3. The highest BCUT2D eigenvalue weighted by Crippen LogP contribution is 2.25. The summed E-state index contributed by atoms with van der Waals surface area (Å²) < 4.78 is 27.6. The van der Waals surface area contributed by atoms with Gasteiger partial charge >= 0.3 is 0 Å². The minimum atomic E-state index is -3.85. The van der Waals surface area contributed by atoms with E-state index in [1.54, 1.807) is 24.3 Å². The topological polar surface area (TPSA) is 75.3 Å². The van der Waals surface area contributed by atoms with Gasteiger partial charge in [0.1, 0.15) is 0 Å². The Hall–Kier alpha value is -2.54. The van der Waals surface area contributed by atoms with Crippen molar-refractivity contribution in [2.24, 2.45) is 0 Å². The molecule has 8 heteroatoms. The Balaban J connectivity index is 1.62. The fraction of sp³-hybridized carbons (Fsp3) is 0.208. The molecule has 0 spiro atoms. The Morgan fingerprint density at radius 3 is 1.91 bits per heavy atom. The number of halogens is 2. The highest BCUT2D eigenvalue weighted by Gasteiger charge is 2.16. The van der Waals surface area contributed by atoms with Crippen molar-refractivity contribution in [2.75, 3.05) is 10.0 Å². The molecule has 2 N–H and O–H groups in total. The van der Waals surface area contributed by atoms with Crippen LogP contribution >= 0.6 is 23.2 Å². The third-order valence-electron chi connectivity index (χ3n) is 4.75. The Bertz CT molecular complexity index is 1200. The summed E-state index contributed by atoms with van der Waals surface area (Å²) in [5.74, 6) is -0.157. The zero-order chi connectivity index (χ0) is 23.5. The third-order valence-corrected chi connectivity index (χ3v) is 6.55. The highest BCUT2D eigenvalue weighted by atomic mass is 35.5. The summed E-state index contributed by atoms with van der Waals surface area (Å²) in [6, 6.07) is 18.5. The zero-order valence-electron chi connectivity index (χ0n) is 17.9. The molecule has 0 aliphatic rings. The molecule has 168 valence electrons. The molecule has 0 aliphatic carbocycles. The number of hydrogen-bond acceptors (Lipinski definition) is 3. The predicted octanol–water partition coefficient (Wildman–Crippen LogP) is 6.27. The first-order chi connectivity index (χ1) is 14.9. The van der Waals surface area contributed by atoms with E-state index < -0.39 is 10.0 Å². The molecule has 32 heavy (non-hydrogen) atoms. The minimum Gasteiger partial charge on any atom is -0.326 e. The lowest BCUT2D eigenvalue weighted by Crippen LogP contribution is -2.15. The van der Waals surface area contributed by atoms with Gasteiger partial charge in [-0.25, -0.2) is 8.42 Å². The molecule has 5 nitrogen and oxygen atoms in total. The number of sulfonamides is 1. The van der Waals surface area contributed by atoms with E-state index in [2.05, 4.69) is 30.8 Å². The van der Waals surface area contributed by atoms with Crippen molar-refractivity contribution < 1.29 is 13.2 Å². The summed E-state index contributed by atoms with van der Waals surface area (Å²) in [5, 5.41) is 3.34. The van der Waals surface area contributed by atoms with Gasteiger partial charge in [0.15, 0.2) is 0 Å². The molecular weight excluding hydrogens is 467 g/mol. The van der Waals surface area contributed by atoms with Gasteiger partial charge in [0, 0.05) is 21.4 Å². The van der Waals surface area contributed by atoms with Crippen molar-refractivity contribution >= 4 is 50.5 Å². The van der Waals surface area contributed by atoms with Crippen LogP contribution in [0, 0.1) is 0 Å². The van der Waals surface area contributed by atoms with Gasteiger partial charge in [-0.2, -0.15) is 0 Å². The molecule has 0 aromatic heterocycles. The normalized spacial score (nSPS) is 11.8. The molecule has 0 unspecified atom stereocenters. The van der Waals surface area contributed by atoms with Crippen LogP contribution in [0.3, 0.4) is 0 Å². The SMILES string of the molecule is CC(C)(C)c1ccc(NC(=O)Cc2ccc(NS(=O)(=O)c3cc(Cl)cc(Cl)c3)cc2)cc1. The molecule has 3 aromatic rings. The highest BCUT2D eigenvalue weighted by molar-refractivity contribution is 7.92. The second kappa shape index (κ2) is 9.53.